The fourth-order valence-electron chi connectivity index (χ4n) is 3.70. The van der Waals surface area contributed by atoms with Crippen LogP contribution in [0.25, 0.3) is 0 Å². The van der Waals surface area contributed by atoms with Gasteiger partial charge in [-0.15, -0.1) is 0 Å². The summed E-state index contributed by atoms with van der Waals surface area (Å²) in [5.41, 5.74) is -0.603. The van der Waals surface area contributed by atoms with Crippen molar-refractivity contribution >= 4 is 24.0 Å². The maximum absolute atomic E-state index is 12.1. The van der Waals surface area contributed by atoms with Gasteiger partial charge in [0.2, 0.25) is 0 Å². The van der Waals surface area contributed by atoms with Gasteiger partial charge < -0.3 is 24.6 Å². The van der Waals surface area contributed by atoms with Crippen LogP contribution in [0.2, 0.25) is 0 Å². The maximum atomic E-state index is 12.1. The van der Waals surface area contributed by atoms with Crippen LogP contribution >= 0.6 is 0 Å². The molecule has 0 saturated carbocycles. The van der Waals surface area contributed by atoms with Gasteiger partial charge >= 0.3 is 24.0 Å². The van der Waals surface area contributed by atoms with E-state index in [4.69, 9.17) is 14.2 Å². The molecule has 9 heteroatoms. The number of alkyl carbamates (subject to hydrolysis) is 1. The van der Waals surface area contributed by atoms with E-state index in [1.165, 1.54) is 0 Å². The Morgan fingerprint density at radius 1 is 0.743 bits per heavy atom. The summed E-state index contributed by atoms with van der Waals surface area (Å²) in [5.74, 6) is -2.40. The highest BCUT2D eigenvalue weighted by Crippen LogP contribution is 2.18. The number of esters is 2. The first-order valence-corrected chi connectivity index (χ1v) is 13.0. The Morgan fingerprint density at radius 3 is 1.66 bits per heavy atom. The topological polar surface area (TPSA) is 128 Å². The Hall–Kier alpha value is -2.32. The quantitative estimate of drug-likeness (QED) is 0.137. The minimum absolute atomic E-state index is 0.0664. The van der Waals surface area contributed by atoms with Gasteiger partial charge in [0.25, 0.3) is 0 Å². The summed E-state index contributed by atoms with van der Waals surface area (Å²) >= 11 is 0. The lowest BCUT2D eigenvalue weighted by Crippen LogP contribution is -2.40. The molecule has 0 fully saturated rings. The number of rotatable bonds is 19. The average molecular weight is 502 g/mol. The Bertz CT molecular complexity index is 629. The third-order valence-electron chi connectivity index (χ3n) is 5.36. The molecule has 0 aromatic heterocycles. The van der Waals surface area contributed by atoms with Gasteiger partial charge in [0.1, 0.15) is 5.60 Å². The summed E-state index contributed by atoms with van der Waals surface area (Å²) in [4.78, 5) is 46.8. The molecular formula is C26H47NO8. The maximum Gasteiger partial charge on any atom is 0.407 e. The largest absolute Gasteiger partial charge is 0.481 e. The Balaban J connectivity index is 4.10. The summed E-state index contributed by atoms with van der Waals surface area (Å²) in [5, 5.41) is 12.1. The van der Waals surface area contributed by atoms with Crippen molar-refractivity contribution in [3.63, 3.8) is 0 Å². The fourth-order valence-corrected chi connectivity index (χ4v) is 3.70. The monoisotopic (exact) mass is 501 g/mol. The minimum Gasteiger partial charge on any atom is -0.481 e. The molecule has 2 unspecified atom stereocenters. The molecule has 2 atom stereocenters. The molecular weight excluding hydrogens is 454 g/mol. The van der Waals surface area contributed by atoms with Gasteiger partial charge in [0, 0.05) is 6.04 Å². The van der Waals surface area contributed by atoms with E-state index in [1.807, 2.05) is 0 Å². The number of amides is 1. The van der Waals surface area contributed by atoms with Crippen molar-refractivity contribution in [3.05, 3.63) is 0 Å². The van der Waals surface area contributed by atoms with Gasteiger partial charge in [-0.2, -0.15) is 0 Å². The smallest absolute Gasteiger partial charge is 0.407 e. The van der Waals surface area contributed by atoms with E-state index in [9.17, 15) is 24.3 Å². The predicted molar refractivity (Wildman–Crippen MR) is 133 cm³/mol. The van der Waals surface area contributed by atoms with Crippen LogP contribution in [0.3, 0.4) is 0 Å². The van der Waals surface area contributed by atoms with E-state index in [0.717, 1.165) is 51.4 Å². The molecule has 1 amide bonds. The second-order valence-electron chi connectivity index (χ2n) is 9.80. The summed E-state index contributed by atoms with van der Waals surface area (Å²) < 4.78 is 15.2. The van der Waals surface area contributed by atoms with E-state index in [2.05, 4.69) is 5.32 Å². The summed E-state index contributed by atoms with van der Waals surface area (Å²) in [7, 11) is 0. The zero-order chi connectivity index (χ0) is 26.7. The highest BCUT2D eigenvalue weighted by atomic mass is 16.6. The Kier molecular flexibility index (Phi) is 17.7. The number of aliphatic carboxylic acids is 1. The van der Waals surface area contributed by atoms with Crippen LogP contribution in [0.4, 0.5) is 4.79 Å². The summed E-state index contributed by atoms with van der Waals surface area (Å²) in [6, 6.07) is -0.319. The molecule has 0 aliphatic carbocycles. The number of carboxylic acid groups (broad SMARTS) is 1. The first kappa shape index (κ1) is 32.7. The second-order valence-corrected chi connectivity index (χ2v) is 9.80. The van der Waals surface area contributed by atoms with Gasteiger partial charge in [-0.05, 0) is 47.5 Å². The van der Waals surface area contributed by atoms with Crippen molar-refractivity contribution in [3.8, 4) is 0 Å². The molecule has 0 aromatic carbocycles. The average Bonchev–Trinajstić information content (AvgIpc) is 2.72. The van der Waals surface area contributed by atoms with E-state index in [0.29, 0.717) is 19.4 Å². The fraction of sp³-hybridized carbons (Fsp3) is 0.846. The van der Waals surface area contributed by atoms with Crippen molar-refractivity contribution in [1.29, 1.82) is 0 Å². The molecule has 204 valence electrons. The lowest BCUT2D eigenvalue weighted by molar-refractivity contribution is -0.151. The molecule has 35 heavy (non-hydrogen) atoms. The van der Waals surface area contributed by atoms with Crippen molar-refractivity contribution in [1.82, 2.24) is 5.32 Å². The standard InChI is InChI=1S/C26H47NO8/c1-6-33-22(28)18-20(24(30)31)16-14-12-10-8-9-11-13-15-17-21(19-23(29)34-7-2)27-25(32)35-26(3,4)5/h20-21H,6-19H2,1-5H3,(H,27,32)(H,30,31). The van der Waals surface area contributed by atoms with E-state index in [1.54, 1.807) is 34.6 Å². The Labute approximate surface area is 210 Å². The first-order chi connectivity index (χ1) is 16.5. The van der Waals surface area contributed by atoms with Crippen LogP contribution in [-0.2, 0) is 28.6 Å². The molecule has 0 heterocycles. The van der Waals surface area contributed by atoms with Gasteiger partial charge in [0.15, 0.2) is 0 Å². The molecule has 0 saturated heterocycles. The molecule has 2 N–H and O–H groups in total. The molecule has 0 rings (SSSR count). The molecule has 0 aliphatic rings. The highest BCUT2D eigenvalue weighted by Gasteiger charge is 2.22. The molecule has 0 bridgehead atoms. The van der Waals surface area contributed by atoms with Crippen LogP contribution in [0.15, 0.2) is 0 Å². The zero-order valence-corrected chi connectivity index (χ0v) is 22.4. The van der Waals surface area contributed by atoms with Crippen LogP contribution in [0.5, 0.6) is 0 Å². The lowest BCUT2D eigenvalue weighted by atomic mass is 9.97. The van der Waals surface area contributed by atoms with Crippen molar-refractivity contribution in [2.75, 3.05) is 13.2 Å². The molecule has 0 spiro atoms. The normalized spacial score (nSPS) is 12.9. The van der Waals surface area contributed by atoms with Crippen LogP contribution in [-0.4, -0.2) is 54.0 Å². The zero-order valence-electron chi connectivity index (χ0n) is 22.4. The van der Waals surface area contributed by atoms with Gasteiger partial charge in [0.05, 0.1) is 32.0 Å². The number of nitrogens with one attached hydrogen (secondary N) is 1. The SMILES string of the molecule is CCOC(=O)CC(CCCCCCCCCCC(CC(=O)OCC)C(=O)O)NC(=O)OC(C)(C)C. The third kappa shape index (κ3) is 19.7. The number of carboxylic acids is 1. The van der Waals surface area contributed by atoms with E-state index in [-0.39, 0.29) is 31.5 Å². The van der Waals surface area contributed by atoms with Crippen LogP contribution in [0.1, 0.15) is 112 Å². The lowest BCUT2D eigenvalue weighted by Gasteiger charge is -2.23. The van der Waals surface area contributed by atoms with Gasteiger partial charge in [-0.3, -0.25) is 14.4 Å². The number of ether oxygens (including phenoxy) is 3. The predicted octanol–water partition coefficient (Wildman–Crippen LogP) is 5.39. The second kappa shape index (κ2) is 18.9. The first-order valence-electron chi connectivity index (χ1n) is 13.0. The molecule has 0 aromatic rings. The van der Waals surface area contributed by atoms with Crippen molar-refractivity contribution < 1.29 is 38.5 Å². The Morgan fingerprint density at radius 2 is 1.20 bits per heavy atom. The molecule has 0 radical (unpaired) electrons. The minimum atomic E-state index is -0.944. The number of carbonyl (C=O) groups is 4. The number of carbonyl (C=O) groups excluding carboxylic acids is 3. The van der Waals surface area contributed by atoms with Crippen molar-refractivity contribution in [2.45, 2.75) is 123 Å². The van der Waals surface area contributed by atoms with Crippen molar-refractivity contribution in [2.24, 2.45) is 5.92 Å². The summed E-state index contributed by atoms with van der Waals surface area (Å²) in [6.07, 6.45) is 8.51. The van der Waals surface area contributed by atoms with Crippen LogP contribution < -0.4 is 5.32 Å². The van der Waals surface area contributed by atoms with Gasteiger partial charge in [-0.25, -0.2) is 4.79 Å². The third-order valence-corrected chi connectivity index (χ3v) is 5.36. The van der Waals surface area contributed by atoms with Gasteiger partial charge in [-0.1, -0.05) is 51.4 Å². The van der Waals surface area contributed by atoms with E-state index >= 15 is 0 Å². The summed E-state index contributed by atoms with van der Waals surface area (Å²) in [6.45, 7) is 9.40. The van der Waals surface area contributed by atoms with E-state index < -0.39 is 29.6 Å². The number of unbranched alkanes of at least 4 members (excludes halogenated alkanes) is 7. The molecule has 0 aliphatic heterocycles. The number of hydrogen-bond donors (Lipinski definition) is 2. The van der Waals surface area contributed by atoms with Crippen LogP contribution in [0, 0.1) is 5.92 Å². The molecule has 9 nitrogen and oxygen atoms in total. The number of hydrogen-bond acceptors (Lipinski definition) is 7. The highest BCUT2D eigenvalue weighted by molar-refractivity contribution is 5.78.